The summed E-state index contributed by atoms with van der Waals surface area (Å²) in [5.41, 5.74) is 1.26. The molecule has 2 heterocycles. The van der Waals surface area contributed by atoms with Crippen molar-refractivity contribution in [2.75, 3.05) is 4.90 Å². The first-order valence-electron chi connectivity index (χ1n) is 7.88. The lowest BCUT2D eigenvalue weighted by atomic mass is 10.2. The molecule has 0 saturated heterocycles. The highest BCUT2D eigenvalue weighted by Gasteiger charge is 2.32. The largest absolute Gasteiger partial charge is 0.479 e. The molecule has 3 aromatic rings. The van der Waals surface area contributed by atoms with Gasteiger partial charge in [-0.25, -0.2) is 4.39 Å². The SMILES string of the molecule is C[C@@H]1Oc2ccccc2N(Cc2nc(-c3ccc(F)c(Br)c3)no2)C1=O. The number of hydrogen-bond acceptors (Lipinski definition) is 5. The Kier molecular flexibility index (Phi) is 4.20. The number of nitrogens with zero attached hydrogens (tertiary/aromatic N) is 3. The maximum Gasteiger partial charge on any atom is 0.268 e. The second kappa shape index (κ2) is 6.53. The molecule has 0 unspecified atom stereocenters. The predicted octanol–water partition coefficient (Wildman–Crippen LogP) is 3.95. The molecule has 8 heteroatoms. The van der Waals surface area contributed by atoms with Gasteiger partial charge < -0.3 is 9.26 Å². The van der Waals surface area contributed by atoms with E-state index in [0.29, 0.717) is 27.3 Å². The Morgan fingerprint density at radius 1 is 1.27 bits per heavy atom. The van der Waals surface area contributed by atoms with E-state index in [1.165, 1.54) is 6.07 Å². The normalized spacial score (nSPS) is 16.3. The van der Waals surface area contributed by atoms with E-state index >= 15 is 0 Å². The zero-order valence-corrected chi connectivity index (χ0v) is 15.2. The van der Waals surface area contributed by atoms with Crippen molar-refractivity contribution in [3.05, 3.63) is 58.6 Å². The number of para-hydroxylation sites is 2. The number of hydrogen-bond donors (Lipinski definition) is 0. The van der Waals surface area contributed by atoms with Crippen molar-refractivity contribution in [3.63, 3.8) is 0 Å². The van der Waals surface area contributed by atoms with Crippen LogP contribution in [-0.4, -0.2) is 22.2 Å². The minimum atomic E-state index is -0.597. The van der Waals surface area contributed by atoms with Gasteiger partial charge >= 0.3 is 0 Å². The summed E-state index contributed by atoms with van der Waals surface area (Å²) >= 11 is 3.13. The minimum absolute atomic E-state index is 0.124. The van der Waals surface area contributed by atoms with E-state index < -0.39 is 6.10 Å². The van der Waals surface area contributed by atoms with Gasteiger partial charge in [-0.2, -0.15) is 4.98 Å². The molecule has 1 aliphatic heterocycles. The fourth-order valence-electron chi connectivity index (χ4n) is 2.73. The third-order valence-corrected chi connectivity index (χ3v) is 4.62. The van der Waals surface area contributed by atoms with Gasteiger partial charge in [-0.15, -0.1) is 0 Å². The maximum atomic E-state index is 13.4. The van der Waals surface area contributed by atoms with Gasteiger partial charge in [0.25, 0.3) is 5.91 Å². The maximum absolute atomic E-state index is 13.4. The summed E-state index contributed by atoms with van der Waals surface area (Å²) in [6, 6.07) is 11.7. The summed E-state index contributed by atoms with van der Waals surface area (Å²) in [5, 5.41) is 3.92. The van der Waals surface area contributed by atoms with Gasteiger partial charge in [0.05, 0.1) is 10.2 Å². The lowest BCUT2D eigenvalue weighted by molar-refractivity contribution is -0.125. The smallest absolute Gasteiger partial charge is 0.268 e. The van der Waals surface area contributed by atoms with Gasteiger partial charge in [-0.05, 0) is 53.2 Å². The molecule has 0 N–H and O–H groups in total. The molecular formula is C18H13BrFN3O3. The van der Waals surface area contributed by atoms with Gasteiger partial charge in [0.15, 0.2) is 6.10 Å². The van der Waals surface area contributed by atoms with Gasteiger partial charge in [-0.3, -0.25) is 9.69 Å². The number of rotatable bonds is 3. The van der Waals surface area contributed by atoms with Crippen molar-refractivity contribution >= 4 is 27.5 Å². The molecule has 26 heavy (non-hydrogen) atoms. The Labute approximate surface area is 156 Å². The Morgan fingerprint density at radius 3 is 2.88 bits per heavy atom. The first-order chi connectivity index (χ1) is 12.5. The molecule has 132 valence electrons. The molecule has 0 aliphatic carbocycles. The van der Waals surface area contributed by atoms with E-state index in [2.05, 4.69) is 26.1 Å². The van der Waals surface area contributed by atoms with Crippen molar-refractivity contribution in [1.82, 2.24) is 10.1 Å². The molecule has 0 saturated carbocycles. The lowest BCUT2D eigenvalue weighted by Crippen LogP contribution is -2.44. The molecule has 1 atom stereocenters. The summed E-state index contributed by atoms with van der Waals surface area (Å²) in [5.74, 6) is 0.664. The number of amides is 1. The van der Waals surface area contributed by atoms with Crippen LogP contribution in [0.5, 0.6) is 5.75 Å². The first-order valence-corrected chi connectivity index (χ1v) is 8.67. The average molecular weight is 418 g/mol. The first kappa shape index (κ1) is 16.7. The number of anilines is 1. The Balaban J connectivity index is 1.63. The molecule has 0 radical (unpaired) electrons. The van der Waals surface area contributed by atoms with Crippen LogP contribution in [0.3, 0.4) is 0 Å². The Morgan fingerprint density at radius 2 is 2.08 bits per heavy atom. The third kappa shape index (κ3) is 2.96. The van der Waals surface area contributed by atoms with Gasteiger partial charge in [0.2, 0.25) is 11.7 Å². The van der Waals surface area contributed by atoms with Crippen LogP contribution in [0.2, 0.25) is 0 Å². The van der Waals surface area contributed by atoms with Crippen LogP contribution in [0.25, 0.3) is 11.4 Å². The predicted molar refractivity (Wildman–Crippen MR) is 95.1 cm³/mol. The Bertz CT molecular complexity index is 991. The van der Waals surface area contributed by atoms with Crippen LogP contribution in [-0.2, 0) is 11.3 Å². The molecule has 0 spiro atoms. The summed E-state index contributed by atoms with van der Waals surface area (Å²) in [6.07, 6.45) is -0.597. The van der Waals surface area contributed by atoms with Crippen LogP contribution < -0.4 is 9.64 Å². The zero-order chi connectivity index (χ0) is 18.3. The molecular weight excluding hydrogens is 405 g/mol. The van der Waals surface area contributed by atoms with E-state index in [0.717, 1.165) is 0 Å². The number of aromatic nitrogens is 2. The van der Waals surface area contributed by atoms with Crippen molar-refractivity contribution in [2.45, 2.75) is 19.6 Å². The van der Waals surface area contributed by atoms with Crippen molar-refractivity contribution in [2.24, 2.45) is 0 Å². The molecule has 2 aromatic carbocycles. The van der Waals surface area contributed by atoms with E-state index in [1.54, 1.807) is 36.1 Å². The second-order valence-electron chi connectivity index (χ2n) is 5.79. The number of benzene rings is 2. The van der Waals surface area contributed by atoms with Crippen LogP contribution in [0, 0.1) is 5.82 Å². The monoisotopic (exact) mass is 417 g/mol. The fourth-order valence-corrected chi connectivity index (χ4v) is 3.11. The second-order valence-corrected chi connectivity index (χ2v) is 6.65. The van der Waals surface area contributed by atoms with Crippen molar-refractivity contribution < 1.29 is 18.4 Å². The summed E-state index contributed by atoms with van der Waals surface area (Å²) in [4.78, 5) is 18.4. The standard InChI is InChI=1S/C18H13BrFN3O3/c1-10-18(24)23(14-4-2-3-5-15(14)25-10)9-16-21-17(22-26-16)11-6-7-13(20)12(19)8-11/h2-8,10H,9H2,1H3/t10-/m0/s1. The molecule has 6 nitrogen and oxygen atoms in total. The quantitative estimate of drug-likeness (QED) is 0.645. The van der Waals surface area contributed by atoms with Crippen molar-refractivity contribution in [3.8, 4) is 17.1 Å². The zero-order valence-electron chi connectivity index (χ0n) is 13.6. The fraction of sp³-hybridized carbons (Fsp3) is 0.167. The van der Waals surface area contributed by atoms with Crippen LogP contribution in [0.4, 0.5) is 10.1 Å². The summed E-state index contributed by atoms with van der Waals surface area (Å²) in [7, 11) is 0. The number of carbonyl (C=O) groups is 1. The topological polar surface area (TPSA) is 68.5 Å². The van der Waals surface area contributed by atoms with E-state index in [1.807, 2.05) is 12.1 Å². The molecule has 1 amide bonds. The highest BCUT2D eigenvalue weighted by molar-refractivity contribution is 9.10. The Hall–Kier alpha value is -2.74. The number of ether oxygens (including phenoxy) is 1. The van der Waals surface area contributed by atoms with Crippen LogP contribution in [0.1, 0.15) is 12.8 Å². The molecule has 0 fully saturated rings. The third-order valence-electron chi connectivity index (χ3n) is 4.01. The van der Waals surface area contributed by atoms with Crippen molar-refractivity contribution in [1.29, 1.82) is 0 Å². The van der Waals surface area contributed by atoms with Crippen LogP contribution >= 0.6 is 15.9 Å². The number of fused-ring (bicyclic) bond motifs is 1. The highest BCUT2D eigenvalue weighted by Crippen LogP contribution is 2.34. The summed E-state index contributed by atoms with van der Waals surface area (Å²) < 4.78 is 24.6. The lowest BCUT2D eigenvalue weighted by Gasteiger charge is -2.31. The molecule has 0 bridgehead atoms. The van der Waals surface area contributed by atoms with Gasteiger partial charge in [0, 0.05) is 5.56 Å². The molecule has 1 aromatic heterocycles. The van der Waals surface area contributed by atoms with E-state index in [-0.39, 0.29) is 24.2 Å². The van der Waals surface area contributed by atoms with Gasteiger partial charge in [0.1, 0.15) is 18.1 Å². The number of halogens is 2. The molecule has 4 rings (SSSR count). The average Bonchev–Trinajstić information content (AvgIpc) is 3.10. The van der Waals surface area contributed by atoms with E-state index in [4.69, 9.17) is 9.26 Å². The minimum Gasteiger partial charge on any atom is -0.479 e. The summed E-state index contributed by atoms with van der Waals surface area (Å²) in [6.45, 7) is 1.82. The number of carbonyl (C=O) groups excluding carboxylic acids is 1. The van der Waals surface area contributed by atoms with Gasteiger partial charge in [-0.1, -0.05) is 17.3 Å². The van der Waals surface area contributed by atoms with Crippen LogP contribution in [0.15, 0.2) is 51.5 Å². The molecule has 1 aliphatic rings. The highest BCUT2D eigenvalue weighted by atomic mass is 79.9. The van der Waals surface area contributed by atoms with E-state index in [9.17, 15) is 9.18 Å².